The summed E-state index contributed by atoms with van der Waals surface area (Å²) in [6, 6.07) is 5.46. The zero-order chi connectivity index (χ0) is 12.3. The summed E-state index contributed by atoms with van der Waals surface area (Å²) in [6.45, 7) is 5.88. The molecule has 0 fully saturated rings. The molecule has 90 valence electrons. The first-order valence-electron chi connectivity index (χ1n) is 5.17. The summed E-state index contributed by atoms with van der Waals surface area (Å²) in [5.74, 6) is 1.27. The van der Waals surface area contributed by atoms with E-state index in [0.29, 0.717) is 16.8 Å². The molecule has 0 heterocycles. The highest BCUT2D eigenvalue weighted by molar-refractivity contribution is 7.55. The topological polar surface area (TPSA) is 35.5 Å². The SMILES string of the molecule is COc1cccc(OC)c1[PH](=O)C(C)(C)C. The number of rotatable bonds is 3. The first-order chi connectivity index (χ1) is 7.41. The van der Waals surface area contributed by atoms with Crippen molar-refractivity contribution in [3.63, 3.8) is 0 Å². The summed E-state index contributed by atoms with van der Waals surface area (Å²) in [7, 11) is 1.19. The van der Waals surface area contributed by atoms with Gasteiger partial charge in [-0.3, -0.25) is 0 Å². The molecule has 0 aliphatic heterocycles. The van der Waals surface area contributed by atoms with Gasteiger partial charge in [0.15, 0.2) is 0 Å². The van der Waals surface area contributed by atoms with Gasteiger partial charge in [-0.1, -0.05) is 26.8 Å². The van der Waals surface area contributed by atoms with Gasteiger partial charge >= 0.3 is 0 Å². The van der Waals surface area contributed by atoms with Crippen LogP contribution >= 0.6 is 7.80 Å². The molecular formula is C12H19O3P. The number of ether oxygens (including phenoxy) is 2. The van der Waals surface area contributed by atoms with Crippen LogP contribution in [0.3, 0.4) is 0 Å². The van der Waals surface area contributed by atoms with Crippen LogP contribution in [0.2, 0.25) is 0 Å². The molecule has 1 unspecified atom stereocenters. The van der Waals surface area contributed by atoms with Crippen molar-refractivity contribution in [2.75, 3.05) is 14.2 Å². The Labute approximate surface area is 97.6 Å². The summed E-state index contributed by atoms with van der Waals surface area (Å²) in [4.78, 5) is 0. The van der Waals surface area contributed by atoms with Crippen molar-refractivity contribution in [1.29, 1.82) is 0 Å². The fourth-order valence-corrected chi connectivity index (χ4v) is 3.02. The van der Waals surface area contributed by atoms with Gasteiger partial charge in [0, 0.05) is 5.16 Å². The van der Waals surface area contributed by atoms with Gasteiger partial charge in [-0.2, -0.15) is 0 Å². The first-order valence-corrected chi connectivity index (χ1v) is 6.58. The minimum atomic E-state index is -1.97. The van der Waals surface area contributed by atoms with Gasteiger partial charge in [0.2, 0.25) is 0 Å². The first kappa shape index (κ1) is 13.1. The van der Waals surface area contributed by atoms with Gasteiger partial charge in [-0.25, -0.2) is 0 Å². The molecule has 0 N–H and O–H groups in total. The lowest BCUT2D eigenvalue weighted by atomic mass is 10.3. The van der Waals surface area contributed by atoms with Crippen molar-refractivity contribution in [1.82, 2.24) is 0 Å². The van der Waals surface area contributed by atoms with Gasteiger partial charge in [0.05, 0.1) is 19.5 Å². The van der Waals surface area contributed by atoms with Crippen LogP contribution in [0.5, 0.6) is 11.5 Å². The molecule has 0 saturated heterocycles. The highest BCUT2D eigenvalue weighted by Crippen LogP contribution is 2.42. The van der Waals surface area contributed by atoms with E-state index in [9.17, 15) is 4.57 Å². The lowest BCUT2D eigenvalue weighted by Gasteiger charge is -2.21. The zero-order valence-corrected chi connectivity index (χ0v) is 11.5. The maximum Gasteiger partial charge on any atom is 0.133 e. The van der Waals surface area contributed by atoms with Crippen LogP contribution in [0.15, 0.2) is 18.2 Å². The molecule has 0 saturated carbocycles. The van der Waals surface area contributed by atoms with E-state index in [-0.39, 0.29) is 5.16 Å². The molecule has 0 spiro atoms. The molecule has 16 heavy (non-hydrogen) atoms. The molecule has 1 atom stereocenters. The van der Waals surface area contributed by atoms with E-state index >= 15 is 0 Å². The minimum Gasteiger partial charge on any atom is -0.496 e. The molecule has 0 aliphatic rings. The van der Waals surface area contributed by atoms with Crippen LogP contribution in [0.1, 0.15) is 20.8 Å². The molecule has 3 nitrogen and oxygen atoms in total. The molecule has 1 aromatic carbocycles. The number of methoxy groups -OCH3 is 2. The second kappa shape index (κ2) is 4.92. The van der Waals surface area contributed by atoms with Crippen LogP contribution in [0.4, 0.5) is 0 Å². The normalized spacial score (nSPS) is 13.3. The van der Waals surface area contributed by atoms with E-state index in [1.54, 1.807) is 14.2 Å². The second-order valence-corrected chi connectivity index (χ2v) is 7.27. The minimum absolute atomic E-state index is 0.271. The Kier molecular flexibility index (Phi) is 4.03. The average molecular weight is 242 g/mol. The molecule has 0 bridgehead atoms. The molecule has 1 aromatic rings. The van der Waals surface area contributed by atoms with Crippen molar-refractivity contribution in [3.8, 4) is 11.5 Å². The van der Waals surface area contributed by atoms with Gasteiger partial charge in [0.1, 0.15) is 19.3 Å². The Hall–Kier alpha value is -0.950. The van der Waals surface area contributed by atoms with Crippen molar-refractivity contribution >= 4 is 13.1 Å². The fraction of sp³-hybridized carbons (Fsp3) is 0.500. The molecule has 0 radical (unpaired) electrons. The smallest absolute Gasteiger partial charge is 0.133 e. The Morgan fingerprint density at radius 2 is 1.50 bits per heavy atom. The lowest BCUT2D eigenvalue weighted by Crippen LogP contribution is -2.17. The highest BCUT2D eigenvalue weighted by Gasteiger charge is 2.26. The third kappa shape index (κ3) is 2.59. The van der Waals surface area contributed by atoms with Crippen LogP contribution in [0, 0.1) is 0 Å². The lowest BCUT2D eigenvalue weighted by molar-refractivity contribution is 0.400. The number of hydrogen-bond acceptors (Lipinski definition) is 3. The zero-order valence-electron chi connectivity index (χ0n) is 10.5. The molecule has 1 rings (SSSR count). The van der Waals surface area contributed by atoms with Crippen molar-refractivity contribution in [2.24, 2.45) is 0 Å². The maximum absolute atomic E-state index is 12.5. The second-order valence-electron chi connectivity index (χ2n) is 4.62. The van der Waals surface area contributed by atoms with E-state index in [2.05, 4.69) is 0 Å². The quantitative estimate of drug-likeness (QED) is 0.764. The van der Waals surface area contributed by atoms with Crippen LogP contribution in [-0.4, -0.2) is 19.4 Å². The molecule has 0 aromatic heterocycles. The van der Waals surface area contributed by atoms with Crippen molar-refractivity contribution in [3.05, 3.63) is 18.2 Å². The number of hydrogen-bond donors (Lipinski definition) is 0. The third-order valence-corrected chi connectivity index (χ3v) is 4.65. The summed E-state index contributed by atoms with van der Waals surface area (Å²) in [5.41, 5.74) is 0. The predicted octanol–water partition coefficient (Wildman–Crippen LogP) is 2.69. The third-order valence-electron chi connectivity index (χ3n) is 2.34. The summed E-state index contributed by atoms with van der Waals surface area (Å²) < 4.78 is 23.0. The summed E-state index contributed by atoms with van der Waals surface area (Å²) >= 11 is 0. The maximum atomic E-state index is 12.5. The Balaban J connectivity index is 3.34. The van der Waals surface area contributed by atoms with E-state index in [4.69, 9.17) is 9.47 Å². The summed E-state index contributed by atoms with van der Waals surface area (Å²) in [5, 5.41) is 0.428. The van der Waals surface area contributed by atoms with Crippen LogP contribution < -0.4 is 14.8 Å². The van der Waals surface area contributed by atoms with E-state index < -0.39 is 7.80 Å². The Morgan fingerprint density at radius 3 is 1.81 bits per heavy atom. The Bertz CT molecular complexity index is 371. The van der Waals surface area contributed by atoms with Crippen molar-refractivity contribution in [2.45, 2.75) is 25.9 Å². The standard InChI is InChI=1S/C12H19O3P/c1-12(2,3)16(13)11-9(14-4)7-6-8-10(11)15-5/h6-8,16H,1-5H3. The average Bonchev–Trinajstić information content (AvgIpc) is 2.25. The molecular weight excluding hydrogens is 223 g/mol. The highest BCUT2D eigenvalue weighted by atomic mass is 31.1. The van der Waals surface area contributed by atoms with Gasteiger partial charge in [0.25, 0.3) is 0 Å². The molecule has 4 heteroatoms. The Morgan fingerprint density at radius 1 is 1.06 bits per heavy atom. The largest absolute Gasteiger partial charge is 0.496 e. The predicted molar refractivity (Wildman–Crippen MR) is 67.9 cm³/mol. The fourth-order valence-electron chi connectivity index (χ4n) is 1.45. The monoisotopic (exact) mass is 242 g/mol. The van der Waals surface area contributed by atoms with Crippen LogP contribution in [-0.2, 0) is 4.57 Å². The van der Waals surface area contributed by atoms with Gasteiger partial charge in [-0.15, -0.1) is 0 Å². The number of benzene rings is 1. The molecule has 0 aliphatic carbocycles. The van der Waals surface area contributed by atoms with Crippen LogP contribution in [0.25, 0.3) is 0 Å². The summed E-state index contributed by atoms with van der Waals surface area (Å²) in [6.07, 6.45) is 0. The van der Waals surface area contributed by atoms with Gasteiger partial charge in [-0.05, 0) is 12.1 Å². The van der Waals surface area contributed by atoms with E-state index in [0.717, 1.165) is 0 Å². The van der Waals surface area contributed by atoms with E-state index in [1.165, 1.54) is 0 Å². The van der Waals surface area contributed by atoms with Gasteiger partial charge < -0.3 is 14.0 Å². The van der Waals surface area contributed by atoms with E-state index in [1.807, 2.05) is 39.0 Å². The van der Waals surface area contributed by atoms with Crippen molar-refractivity contribution < 1.29 is 14.0 Å². The molecule has 0 amide bonds.